The van der Waals surface area contributed by atoms with Crippen molar-refractivity contribution in [1.29, 1.82) is 0 Å². The molecule has 0 unspecified atom stereocenters. The van der Waals surface area contributed by atoms with E-state index in [0.29, 0.717) is 11.8 Å². The summed E-state index contributed by atoms with van der Waals surface area (Å²) in [5.74, 6) is 0.768. The zero-order valence-corrected chi connectivity index (χ0v) is 19.4. The molecule has 0 nitrogen and oxygen atoms in total. The van der Waals surface area contributed by atoms with Crippen LogP contribution in [-0.4, -0.2) is 5.92 Å². The third-order valence-electron chi connectivity index (χ3n) is 5.05. The van der Waals surface area contributed by atoms with Crippen molar-refractivity contribution in [1.82, 2.24) is 0 Å². The summed E-state index contributed by atoms with van der Waals surface area (Å²) in [4.78, 5) is 0. The second-order valence-corrected chi connectivity index (χ2v) is 26.6. The van der Waals surface area contributed by atoms with E-state index in [1.54, 1.807) is 22.3 Å². The Hall–Kier alpha value is 0.0600. The molecule has 0 amide bonds. The van der Waals surface area contributed by atoms with Crippen molar-refractivity contribution in [2.75, 3.05) is 0 Å². The van der Waals surface area contributed by atoms with Gasteiger partial charge in [0.25, 0.3) is 0 Å². The van der Waals surface area contributed by atoms with Gasteiger partial charge in [-0.3, -0.25) is 0 Å². The SMILES string of the molecule is CC1=[C]([Zr]([C]2=C(C)CC=C2C(C)C)[SiH](C)C)C(C(C)C)=CC1. The van der Waals surface area contributed by atoms with Crippen LogP contribution in [0, 0.1) is 11.8 Å². The van der Waals surface area contributed by atoms with Gasteiger partial charge in [0.1, 0.15) is 0 Å². The van der Waals surface area contributed by atoms with E-state index in [9.17, 15) is 0 Å². The Morgan fingerprint density at radius 2 is 1.18 bits per heavy atom. The van der Waals surface area contributed by atoms with Crippen LogP contribution in [-0.2, 0) is 20.9 Å². The van der Waals surface area contributed by atoms with Crippen LogP contribution in [0.3, 0.4) is 0 Å². The number of allylic oxidation sites excluding steroid dienone is 8. The van der Waals surface area contributed by atoms with E-state index in [0.717, 1.165) is 0 Å². The molecule has 0 N–H and O–H groups in total. The van der Waals surface area contributed by atoms with Gasteiger partial charge in [-0.05, 0) is 0 Å². The predicted octanol–water partition coefficient (Wildman–Crippen LogP) is 6.11. The van der Waals surface area contributed by atoms with Gasteiger partial charge in [-0.25, -0.2) is 0 Å². The van der Waals surface area contributed by atoms with Crippen molar-refractivity contribution < 1.29 is 20.9 Å². The first kappa shape index (κ1) is 18.4. The first-order valence-corrected chi connectivity index (χ1v) is 18.5. The third kappa shape index (κ3) is 3.44. The fraction of sp³-hybridized carbons (Fsp3) is 0.600. The molecule has 2 rings (SSSR count). The maximum absolute atomic E-state index is 2.63. The Morgan fingerprint density at radius 1 is 0.818 bits per heavy atom. The van der Waals surface area contributed by atoms with Crippen LogP contribution < -0.4 is 0 Å². The Labute approximate surface area is 146 Å². The Balaban J connectivity index is 2.53. The van der Waals surface area contributed by atoms with Gasteiger partial charge in [-0.2, -0.15) is 0 Å². The summed E-state index contributed by atoms with van der Waals surface area (Å²) in [5.41, 5.74) is 6.89. The van der Waals surface area contributed by atoms with Gasteiger partial charge in [0.2, 0.25) is 0 Å². The minimum atomic E-state index is -1.71. The van der Waals surface area contributed by atoms with Gasteiger partial charge >= 0.3 is 147 Å². The van der Waals surface area contributed by atoms with Crippen molar-refractivity contribution >= 4 is 5.92 Å². The van der Waals surface area contributed by atoms with E-state index in [-0.39, 0.29) is 0 Å². The second-order valence-electron chi connectivity index (χ2n) is 7.92. The van der Waals surface area contributed by atoms with Crippen LogP contribution in [0.2, 0.25) is 13.1 Å². The van der Waals surface area contributed by atoms with Crippen molar-refractivity contribution in [3.63, 3.8) is 0 Å². The fourth-order valence-corrected chi connectivity index (χ4v) is 25.3. The molecular weight excluding hydrogens is 360 g/mol. The monoisotopic (exact) mass is 391 g/mol. The van der Waals surface area contributed by atoms with Crippen molar-refractivity contribution in [3.8, 4) is 0 Å². The topological polar surface area (TPSA) is 0 Å². The van der Waals surface area contributed by atoms with Gasteiger partial charge in [-0.1, -0.05) is 0 Å². The summed E-state index contributed by atoms with van der Waals surface area (Å²) in [6.45, 7) is 19.7. The molecule has 2 aliphatic rings. The first-order chi connectivity index (χ1) is 10.3. The van der Waals surface area contributed by atoms with Crippen LogP contribution in [0.15, 0.2) is 41.0 Å². The number of hydrogen-bond acceptors (Lipinski definition) is 0. The van der Waals surface area contributed by atoms with Gasteiger partial charge in [0, 0.05) is 0 Å². The summed E-state index contributed by atoms with van der Waals surface area (Å²) in [6, 6.07) is 0. The maximum atomic E-state index is 2.63. The Kier molecular flexibility index (Phi) is 6.11. The van der Waals surface area contributed by atoms with Crippen molar-refractivity contribution in [2.24, 2.45) is 11.8 Å². The molecule has 0 saturated carbocycles. The molecule has 22 heavy (non-hydrogen) atoms. The minimum absolute atomic E-state index is 0.629. The van der Waals surface area contributed by atoms with Crippen molar-refractivity contribution in [2.45, 2.75) is 67.5 Å². The van der Waals surface area contributed by atoms with E-state index in [2.05, 4.69) is 66.8 Å². The molecule has 0 aromatic rings. The van der Waals surface area contributed by atoms with E-state index in [1.807, 2.05) is 6.56 Å². The third-order valence-corrected chi connectivity index (χ3v) is 24.3. The van der Waals surface area contributed by atoms with E-state index >= 15 is 0 Å². The zero-order chi connectivity index (χ0) is 16.6. The molecule has 0 heterocycles. The van der Waals surface area contributed by atoms with E-state index < -0.39 is 26.8 Å². The van der Waals surface area contributed by atoms with Crippen LogP contribution in [0.5, 0.6) is 0 Å². The standard InChI is InChI=1S/2C9H13.C2H7Si.Zr/c2*1-7(2)9-5-4-8(3)6-9;1-3-2;/h2*5,7H,4H2,1-3H3;3H,1-2H3;. The van der Waals surface area contributed by atoms with E-state index in [4.69, 9.17) is 0 Å². The normalized spacial score (nSPS) is 19.0. The summed E-state index contributed by atoms with van der Waals surface area (Å²) in [6.07, 6.45) is 7.55. The molecular formula is C20H33SiZr. The van der Waals surface area contributed by atoms with Gasteiger partial charge in [-0.15, -0.1) is 0 Å². The summed E-state index contributed by atoms with van der Waals surface area (Å²) in [5, 5.41) is 0. The molecule has 0 saturated heterocycles. The van der Waals surface area contributed by atoms with Crippen molar-refractivity contribution in [3.05, 3.63) is 41.0 Å². The van der Waals surface area contributed by atoms with Crippen LogP contribution in [0.4, 0.5) is 0 Å². The van der Waals surface area contributed by atoms with Crippen LogP contribution in [0.1, 0.15) is 54.4 Å². The molecule has 0 fully saturated rings. The molecule has 0 bridgehead atoms. The molecule has 0 radical (unpaired) electrons. The van der Waals surface area contributed by atoms with Crippen LogP contribution in [0.25, 0.3) is 0 Å². The van der Waals surface area contributed by atoms with Gasteiger partial charge in [0.05, 0.1) is 0 Å². The molecule has 0 aliphatic heterocycles. The zero-order valence-electron chi connectivity index (χ0n) is 15.8. The van der Waals surface area contributed by atoms with Gasteiger partial charge in [0.15, 0.2) is 0 Å². The second kappa shape index (κ2) is 7.31. The molecule has 2 heteroatoms. The quantitative estimate of drug-likeness (QED) is 0.495. The molecule has 0 atom stereocenters. The molecule has 0 spiro atoms. The molecule has 0 aromatic heterocycles. The summed E-state index contributed by atoms with van der Waals surface area (Å²) >= 11 is -1.71. The molecule has 121 valence electrons. The van der Waals surface area contributed by atoms with Crippen LogP contribution >= 0.6 is 0 Å². The first-order valence-electron chi connectivity index (χ1n) is 8.93. The average molecular weight is 393 g/mol. The molecule has 2 aliphatic carbocycles. The Bertz CT molecular complexity index is 523. The van der Waals surface area contributed by atoms with Gasteiger partial charge < -0.3 is 0 Å². The average Bonchev–Trinajstić information content (AvgIpc) is 2.95. The van der Waals surface area contributed by atoms with E-state index in [1.165, 1.54) is 12.8 Å². The number of rotatable bonds is 5. The predicted molar refractivity (Wildman–Crippen MR) is 99.4 cm³/mol. The molecule has 0 aromatic carbocycles. The summed E-state index contributed by atoms with van der Waals surface area (Å²) < 4.78 is 3.84. The fourth-order valence-electron chi connectivity index (χ4n) is 3.95. The summed E-state index contributed by atoms with van der Waals surface area (Å²) in [7, 11) is 0. The number of hydrogen-bond donors (Lipinski definition) is 0. The Morgan fingerprint density at radius 3 is 1.45 bits per heavy atom.